The minimum Gasteiger partial charge on any atom is -0.437 e. The average Bonchev–Trinajstić information content (AvgIpc) is 2.34. The molecular weight excluding hydrogens is 250 g/mol. The second-order valence-corrected chi connectivity index (χ2v) is 4.34. The van der Waals surface area contributed by atoms with E-state index in [2.05, 4.69) is 9.97 Å². The smallest absolute Gasteiger partial charge is 0.227 e. The van der Waals surface area contributed by atoms with Crippen molar-refractivity contribution in [3.8, 4) is 11.6 Å². The Labute approximate surface area is 111 Å². The summed E-state index contributed by atoms with van der Waals surface area (Å²) < 4.78 is 5.73. The van der Waals surface area contributed by atoms with Gasteiger partial charge in [-0.25, -0.2) is 9.97 Å². The minimum atomic E-state index is 0.436. The van der Waals surface area contributed by atoms with Crippen LogP contribution in [0.2, 0.25) is 5.02 Å². The van der Waals surface area contributed by atoms with Gasteiger partial charge < -0.3 is 10.5 Å². The number of benzene rings is 1. The largest absolute Gasteiger partial charge is 0.437 e. The number of hydrogen-bond acceptors (Lipinski definition) is 4. The molecule has 2 rings (SSSR count). The van der Waals surface area contributed by atoms with Crippen LogP contribution >= 0.6 is 11.6 Å². The lowest BCUT2D eigenvalue weighted by molar-refractivity contribution is 0.455. The molecule has 0 unspecified atom stereocenters. The van der Waals surface area contributed by atoms with E-state index in [1.165, 1.54) is 6.33 Å². The summed E-state index contributed by atoms with van der Waals surface area (Å²) >= 11 is 6.08. The molecule has 0 bridgehead atoms. The highest BCUT2D eigenvalue weighted by Gasteiger charge is 2.11. The number of halogens is 1. The van der Waals surface area contributed by atoms with Crippen LogP contribution in [0.25, 0.3) is 0 Å². The van der Waals surface area contributed by atoms with Crippen molar-refractivity contribution >= 4 is 17.4 Å². The van der Waals surface area contributed by atoms with Gasteiger partial charge in [0.1, 0.15) is 17.9 Å². The molecule has 2 aromatic rings. The predicted molar refractivity (Wildman–Crippen MR) is 72.1 cm³/mol. The van der Waals surface area contributed by atoms with Crippen LogP contribution in [-0.4, -0.2) is 9.97 Å². The van der Waals surface area contributed by atoms with Gasteiger partial charge in [-0.3, -0.25) is 0 Å². The molecule has 0 amide bonds. The Hall–Kier alpha value is -1.81. The van der Waals surface area contributed by atoms with Gasteiger partial charge in [-0.1, -0.05) is 24.6 Å². The molecule has 0 saturated carbocycles. The lowest BCUT2D eigenvalue weighted by atomic mass is 10.2. The topological polar surface area (TPSA) is 61.0 Å². The molecular formula is C13H14ClN3O. The van der Waals surface area contributed by atoms with E-state index in [4.69, 9.17) is 22.1 Å². The Bertz CT molecular complexity index is 572. The maximum atomic E-state index is 6.08. The summed E-state index contributed by atoms with van der Waals surface area (Å²) in [5.74, 6) is 1.47. The van der Waals surface area contributed by atoms with Crippen molar-refractivity contribution in [2.24, 2.45) is 0 Å². The van der Waals surface area contributed by atoms with Gasteiger partial charge in [0.15, 0.2) is 0 Å². The van der Waals surface area contributed by atoms with Crippen LogP contribution in [0.1, 0.15) is 18.1 Å². The fourth-order valence-corrected chi connectivity index (χ4v) is 1.78. The summed E-state index contributed by atoms with van der Waals surface area (Å²) in [6, 6.07) is 5.58. The first kappa shape index (κ1) is 12.6. The van der Waals surface area contributed by atoms with Crippen molar-refractivity contribution in [2.75, 3.05) is 5.73 Å². The van der Waals surface area contributed by atoms with Gasteiger partial charge in [-0.15, -0.1) is 0 Å². The lowest BCUT2D eigenvalue weighted by Gasteiger charge is -2.11. The number of aromatic nitrogens is 2. The van der Waals surface area contributed by atoms with Crippen molar-refractivity contribution in [1.82, 2.24) is 9.97 Å². The third-order valence-electron chi connectivity index (χ3n) is 2.59. The van der Waals surface area contributed by atoms with E-state index in [0.29, 0.717) is 28.9 Å². The summed E-state index contributed by atoms with van der Waals surface area (Å²) in [7, 11) is 0. The third-order valence-corrected chi connectivity index (χ3v) is 2.90. The van der Waals surface area contributed by atoms with E-state index in [1.807, 2.05) is 26.0 Å². The van der Waals surface area contributed by atoms with Crippen molar-refractivity contribution in [3.63, 3.8) is 0 Å². The molecule has 0 spiro atoms. The van der Waals surface area contributed by atoms with Crippen molar-refractivity contribution in [2.45, 2.75) is 20.3 Å². The van der Waals surface area contributed by atoms with Crippen molar-refractivity contribution in [3.05, 3.63) is 40.7 Å². The molecule has 0 radical (unpaired) electrons. The number of hydrogen-bond donors (Lipinski definition) is 1. The molecule has 5 heteroatoms. The fraction of sp³-hybridized carbons (Fsp3) is 0.231. The summed E-state index contributed by atoms with van der Waals surface area (Å²) in [6.07, 6.45) is 2.08. The molecule has 1 heterocycles. The van der Waals surface area contributed by atoms with E-state index in [9.17, 15) is 0 Å². The Morgan fingerprint density at radius 1 is 1.33 bits per heavy atom. The molecule has 0 aliphatic heterocycles. The molecule has 1 aromatic carbocycles. The van der Waals surface area contributed by atoms with E-state index < -0.39 is 0 Å². The zero-order valence-corrected chi connectivity index (χ0v) is 11.0. The number of nitrogens with zero attached hydrogens (tertiary/aromatic N) is 2. The van der Waals surface area contributed by atoms with E-state index in [1.54, 1.807) is 6.07 Å². The summed E-state index contributed by atoms with van der Waals surface area (Å²) in [4.78, 5) is 8.05. The zero-order chi connectivity index (χ0) is 13.1. The summed E-state index contributed by atoms with van der Waals surface area (Å²) in [6.45, 7) is 3.94. The molecule has 0 fully saturated rings. The molecule has 18 heavy (non-hydrogen) atoms. The van der Waals surface area contributed by atoms with Gasteiger partial charge in [0, 0.05) is 0 Å². The highest BCUT2D eigenvalue weighted by atomic mass is 35.5. The normalized spacial score (nSPS) is 10.4. The minimum absolute atomic E-state index is 0.436. The highest BCUT2D eigenvalue weighted by molar-refractivity contribution is 6.32. The zero-order valence-electron chi connectivity index (χ0n) is 10.3. The molecule has 1 aromatic heterocycles. The van der Waals surface area contributed by atoms with E-state index in [-0.39, 0.29) is 0 Å². The van der Waals surface area contributed by atoms with E-state index >= 15 is 0 Å². The fourth-order valence-electron chi connectivity index (χ4n) is 1.62. The van der Waals surface area contributed by atoms with E-state index in [0.717, 1.165) is 11.1 Å². The number of nitrogens with two attached hydrogens (primary N) is 1. The first-order valence-corrected chi connectivity index (χ1v) is 6.03. The Morgan fingerprint density at radius 3 is 2.83 bits per heavy atom. The molecule has 94 valence electrons. The van der Waals surface area contributed by atoms with Gasteiger partial charge in [0.25, 0.3) is 0 Å². The number of nitrogen functional groups attached to an aromatic ring is 1. The standard InChI is InChI=1S/C13H14ClN3O/c1-3-9-12(15)16-7-17-13(9)18-11-6-8(2)4-5-10(11)14/h4-7H,3H2,1-2H3,(H2,15,16,17). The van der Waals surface area contributed by atoms with Gasteiger partial charge >= 0.3 is 0 Å². The summed E-state index contributed by atoms with van der Waals surface area (Å²) in [5, 5.41) is 0.542. The van der Waals surface area contributed by atoms with Crippen LogP contribution in [0, 0.1) is 6.92 Å². The molecule has 0 aliphatic carbocycles. The van der Waals surface area contributed by atoms with Crippen LogP contribution in [0.5, 0.6) is 11.6 Å². The lowest BCUT2D eigenvalue weighted by Crippen LogP contribution is -2.02. The maximum Gasteiger partial charge on any atom is 0.227 e. The second kappa shape index (κ2) is 5.23. The van der Waals surface area contributed by atoms with Gasteiger partial charge in [-0.2, -0.15) is 0 Å². The Balaban J connectivity index is 2.40. The van der Waals surface area contributed by atoms with Crippen LogP contribution in [0.3, 0.4) is 0 Å². The van der Waals surface area contributed by atoms with Crippen LogP contribution in [0.4, 0.5) is 5.82 Å². The van der Waals surface area contributed by atoms with Crippen molar-refractivity contribution < 1.29 is 4.74 Å². The second-order valence-electron chi connectivity index (χ2n) is 3.93. The van der Waals surface area contributed by atoms with Gasteiger partial charge in [0.05, 0.1) is 10.6 Å². The molecule has 2 N–H and O–H groups in total. The quantitative estimate of drug-likeness (QED) is 0.922. The Kier molecular flexibility index (Phi) is 3.67. The monoisotopic (exact) mass is 263 g/mol. The summed E-state index contributed by atoms with van der Waals surface area (Å²) in [5.41, 5.74) is 7.64. The highest BCUT2D eigenvalue weighted by Crippen LogP contribution is 2.31. The molecule has 0 aliphatic rings. The number of aryl methyl sites for hydroxylation is 1. The van der Waals surface area contributed by atoms with Gasteiger partial charge in [0.2, 0.25) is 5.88 Å². The first-order valence-electron chi connectivity index (χ1n) is 5.65. The number of rotatable bonds is 3. The molecule has 4 nitrogen and oxygen atoms in total. The number of ether oxygens (including phenoxy) is 1. The predicted octanol–water partition coefficient (Wildman–Crippen LogP) is 3.38. The molecule has 0 atom stereocenters. The van der Waals surface area contributed by atoms with Crippen LogP contribution < -0.4 is 10.5 Å². The molecule has 0 saturated heterocycles. The van der Waals surface area contributed by atoms with Crippen LogP contribution in [-0.2, 0) is 6.42 Å². The first-order chi connectivity index (χ1) is 8.61. The van der Waals surface area contributed by atoms with Crippen LogP contribution in [0.15, 0.2) is 24.5 Å². The Morgan fingerprint density at radius 2 is 2.11 bits per heavy atom. The number of anilines is 1. The van der Waals surface area contributed by atoms with Crippen molar-refractivity contribution in [1.29, 1.82) is 0 Å². The maximum absolute atomic E-state index is 6.08. The SMILES string of the molecule is CCc1c(N)ncnc1Oc1cc(C)ccc1Cl. The third kappa shape index (κ3) is 2.54. The van der Waals surface area contributed by atoms with Gasteiger partial charge in [-0.05, 0) is 31.0 Å². The average molecular weight is 264 g/mol.